The minimum Gasteiger partial charge on any atom is -0.393 e. The quantitative estimate of drug-likeness (QED) is 0.0710. The highest BCUT2D eigenvalue weighted by atomic mass is 16.7. The van der Waals surface area contributed by atoms with Gasteiger partial charge in [0.2, 0.25) is 0 Å². The van der Waals surface area contributed by atoms with Crippen LogP contribution in [-0.4, -0.2) is 161 Å². The number of aliphatic imine (C=N–C) groups is 1. The van der Waals surface area contributed by atoms with E-state index < -0.39 is 91.7 Å². The Hall–Kier alpha value is -1.62. The number of aliphatic hydroxyl groups is 6. The normalized spacial score (nSPS) is 42.3. The molecule has 3 aliphatic rings. The summed E-state index contributed by atoms with van der Waals surface area (Å²) in [6.07, 6.45) is -9.36. The zero-order valence-corrected chi connectivity index (χ0v) is 24.5. The monoisotopic (exact) mass is 622 g/mol. The molecule has 1 saturated carbocycles. The van der Waals surface area contributed by atoms with Crippen molar-refractivity contribution in [2.45, 2.75) is 111 Å². The maximum atomic E-state index is 11.6. The van der Waals surface area contributed by atoms with Crippen LogP contribution in [0, 0.1) is 5.41 Å². The van der Waals surface area contributed by atoms with Crippen LogP contribution in [0.4, 0.5) is 0 Å². The van der Waals surface area contributed by atoms with Gasteiger partial charge in [0.05, 0.1) is 44.0 Å². The summed E-state index contributed by atoms with van der Waals surface area (Å²) < 4.78 is 23.9. The minimum absolute atomic E-state index is 0.0748. The molecule has 0 radical (unpaired) electrons. The van der Waals surface area contributed by atoms with E-state index in [0.717, 1.165) is 0 Å². The standard InChI is InChI=1S/C25H50N8O10/c1-25(39)9-40-24(17(38)20(25)31-2)43-19-13(33-22(30)14(35)6-26)5-12(28)18(16(19)37)42-23-11(27)4-3-10(41-23)7-32-21(29)15(36)8-34/h10-20,23-24,31,34-39H,3-9,26-28H2,1-2H3,(H2,29,32)(H2,30,33)/t10-,11?,12-,13+,14?,15?,16?,17?,18?,19?,20+,23+,24+,25?/m0/s1. The molecule has 0 spiro atoms. The number of nitrogens with two attached hydrogens (primary N) is 4. The Labute approximate surface area is 250 Å². The SMILES string of the molecule is CN[C@@H]1C(O)[C@@H](OC2C(O)C(O[C@H]3O[C@H](CN=C(N)C(O)CO)CCC3N)[C@@H](N)C[C@H]2NC(=N)C(O)CN)OCC1(C)O. The number of aliphatic hydroxyl groups excluding tert-OH is 5. The highest BCUT2D eigenvalue weighted by molar-refractivity contribution is 5.84. The van der Waals surface area contributed by atoms with Gasteiger partial charge in [-0.15, -0.1) is 0 Å². The molecule has 14 atom stereocenters. The van der Waals surface area contributed by atoms with Gasteiger partial charge in [-0.1, -0.05) is 0 Å². The van der Waals surface area contributed by atoms with E-state index in [0.29, 0.717) is 12.8 Å². The first kappa shape index (κ1) is 35.9. The number of hydrogen-bond donors (Lipinski definition) is 13. The molecule has 2 aliphatic heterocycles. The van der Waals surface area contributed by atoms with Crippen molar-refractivity contribution in [1.82, 2.24) is 10.6 Å². The fourth-order valence-corrected chi connectivity index (χ4v) is 5.57. The molecular weight excluding hydrogens is 572 g/mol. The Morgan fingerprint density at radius 3 is 2.40 bits per heavy atom. The molecule has 2 saturated heterocycles. The van der Waals surface area contributed by atoms with Gasteiger partial charge < -0.3 is 83.2 Å². The van der Waals surface area contributed by atoms with Crippen LogP contribution in [0.15, 0.2) is 4.99 Å². The van der Waals surface area contributed by atoms with Crippen LogP contribution in [0.5, 0.6) is 0 Å². The number of likely N-dealkylation sites (N-methyl/N-ethyl adjacent to an activating group) is 1. The lowest BCUT2D eigenvalue weighted by Crippen LogP contribution is -2.69. The summed E-state index contributed by atoms with van der Waals surface area (Å²) in [6.45, 7) is 0.597. The Balaban J connectivity index is 1.78. The lowest BCUT2D eigenvalue weighted by molar-refractivity contribution is -0.307. The lowest BCUT2D eigenvalue weighted by Gasteiger charge is -2.49. The van der Waals surface area contributed by atoms with Gasteiger partial charge in [0.15, 0.2) is 12.6 Å². The number of ether oxygens (including phenoxy) is 4. The molecule has 3 fully saturated rings. The largest absolute Gasteiger partial charge is 0.393 e. The second-order valence-corrected chi connectivity index (χ2v) is 11.6. The van der Waals surface area contributed by atoms with E-state index in [1.54, 1.807) is 7.05 Å². The van der Waals surface area contributed by atoms with Crippen LogP contribution in [0.25, 0.3) is 0 Å². The topological polar surface area (TPSA) is 323 Å². The molecule has 2 heterocycles. The van der Waals surface area contributed by atoms with Gasteiger partial charge in [0.1, 0.15) is 53.9 Å². The third-order valence-electron chi connectivity index (χ3n) is 8.13. The second kappa shape index (κ2) is 15.6. The molecule has 17 N–H and O–H groups in total. The number of nitrogens with one attached hydrogen (secondary N) is 3. The molecule has 0 aromatic carbocycles. The molecule has 0 aromatic heterocycles. The van der Waals surface area contributed by atoms with Gasteiger partial charge in [-0.25, -0.2) is 0 Å². The molecule has 43 heavy (non-hydrogen) atoms. The van der Waals surface area contributed by atoms with Crippen LogP contribution in [0.1, 0.15) is 26.2 Å². The molecule has 3 rings (SSSR count). The number of amidine groups is 2. The van der Waals surface area contributed by atoms with Crippen molar-refractivity contribution in [1.29, 1.82) is 5.41 Å². The zero-order valence-electron chi connectivity index (χ0n) is 24.5. The van der Waals surface area contributed by atoms with Crippen LogP contribution >= 0.6 is 0 Å². The van der Waals surface area contributed by atoms with E-state index in [-0.39, 0.29) is 37.8 Å². The van der Waals surface area contributed by atoms with E-state index in [9.17, 15) is 25.5 Å². The Bertz CT molecular complexity index is 934. The minimum atomic E-state index is -1.46. The van der Waals surface area contributed by atoms with Crippen molar-refractivity contribution in [2.75, 3.05) is 33.4 Å². The number of hydrogen-bond acceptors (Lipinski definition) is 16. The highest BCUT2D eigenvalue weighted by Crippen LogP contribution is 2.32. The predicted octanol–water partition coefficient (Wildman–Crippen LogP) is -6.30. The summed E-state index contributed by atoms with van der Waals surface area (Å²) in [6, 6.07) is -3.06. The summed E-state index contributed by atoms with van der Waals surface area (Å²) >= 11 is 0. The van der Waals surface area contributed by atoms with E-state index >= 15 is 0 Å². The van der Waals surface area contributed by atoms with Crippen molar-refractivity contribution < 1.29 is 49.6 Å². The van der Waals surface area contributed by atoms with Crippen molar-refractivity contribution in [3.8, 4) is 0 Å². The fraction of sp³-hybridized carbons (Fsp3) is 0.920. The van der Waals surface area contributed by atoms with Gasteiger partial charge in [0, 0.05) is 12.6 Å². The van der Waals surface area contributed by atoms with Crippen LogP contribution < -0.4 is 33.6 Å². The average molecular weight is 623 g/mol. The highest BCUT2D eigenvalue weighted by Gasteiger charge is 2.51. The molecule has 0 aromatic rings. The summed E-state index contributed by atoms with van der Waals surface area (Å²) in [5.41, 5.74) is 22.5. The average Bonchev–Trinajstić information content (AvgIpc) is 2.97. The van der Waals surface area contributed by atoms with E-state index in [4.69, 9.17) is 52.4 Å². The molecule has 18 heteroatoms. The van der Waals surface area contributed by atoms with E-state index in [1.807, 2.05) is 0 Å². The van der Waals surface area contributed by atoms with Gasteiger partial charge in [-0.05, 0) is 33.2 Å². The van der Waals surface area contributed by atoms with Gasteiger partial charge in [-0.2, -0.15) is 0 Å². The van der Waals surface area contributed by atoms with E-state index in [2.05, 4.69) is 15.6 Å². The summed E-state index contributed by atoms with van der Waals surface area (Å²) in [7, 11) is 1.57. The van der Waals surface area contributed by atoms with Crippen molar-refractivity contribution >= 4 is 11.7 Å². The van der Waals surface area contributed by atoms with Gasteiger partial charge >= 0.3 is 0 Å². The Morgan fingerprint density at radius 2 is 1.77 bits per heavy atom. The first-order valence-electron chi connectivity index (χ1n) is 14.4. The first-order valence-corrected chi connectivity index (χ1v) is 14.4. The van der Waals surface area contributed by atoms with Gasteiger partial charge in [-0.3, -0.25) is 10.4 Å². The predicted molar refractivity (Wildman–Crippen MR) is 153 cm³/mol. The maximum Gasteiger partial charge on any atom is 0.185 e. The smallest absolute Gasteiger partial charge is 0.185 e. The molecule has 0 amide bonds. The Morgan fingerprint density at radius 1 is 1.09 bits per heavy atom. The number of rotatable bonds is 12. The zero-order chi connectivity index (χ0) is 32.1. The van der Waals surface area contributed by atoms with Crippen LogP contribution in [0.3, 0.4) is 0 Å². The fourth-order valence-electron chi connectivity index (χ4n) is 5.57. The molecular formula is C25H50N8O10. The van der Waals surface area contributed by atoms with E-state index in [1.165, 1.54) is 6.92 Å². The summed E-state index contributed by atoms with van der Waals surface area (Å²) in [5.74, 6) is -0.450. The third kappa shape index (κ3) is 8.76. The Kier molecular flexibility index (Phi) is 13.0. The van der Waals surface area contributed by atoms with Gasteiger partial charge in [0.25, 0.3) is 0 Å². The molecule has 1 aliphatic carbocycles. The third-order valence-corrected chi connectivity index (χ3v) is 8.13. The first-order chi connectivity index (χ1) is 20.2. The summed E-state index contributed by atoms with van der Waals surface area (Å²) in [5, 5.41) is 75.7. The van der Waals surface area contributed by atoms with Crippen molar-refractivity contribution in [3.05, 3.63) is 0 Å². The van der Waals surface area contributed by atoms with Crippen molar-refractivity contribution in [2.24, 2.45) is 27.9 Å². The number of nitrogens with zero attached hydrogens (tertiary/aromatic N) is 1. The maximum absolute atomic E-state index is 11.6. The van der Waals surface area contributed by atoms with Crippen LogP contribution in [-0.2, 0) is 18.9 Å². The molecule has 18 nitrogen and oxygen atoms in total. The van der Waals surface area contributed by atoms with Crippen molar-refractivity contribution in [3.63, 3.8) is 0 Å². The molecule has 8 unspecified atom stereocenters. The summed E-state index contributed by atoms with van der Waals surface area (Å²) in [4.78, 5) is 4.07. The molecule has 250 valence electrons. The van der Waals surface area contributed by atoms with Crippen LogP contribution in [0.2, 0.25) is 0 Å². The molecule has 0 bridgehead atoms. The second-order valence-electron chi connectivity index (χ2n) is 11.6. The lowest BCUT2D eigenvalue weighted by atomic mass is 9.83.